The summed E-state index contributed by atoms with van der Waals surface area (Å²) < 4.78 is 0. The number of H-pyrrole nitrogens is 1. The van der Waals surface area contributed by atoms with Gasteiger partial charge in [0.1, 0.15) is 0 Å². The second-order valence-corrected chi connectivity index (χ2v) is 6.25. The number of amides is 1. The molecule has 1 saturated heterocycles. The van der Waals surface area contributed by atoms with Crippen molar-refractivity contribution in [2.24, 2.45) is 0 Å². The van der Waals surface area contributed by atoms with Crippen molar-refractivity contribution in [1.82, 2.24) is 15.1 Å². The molecule has 1 aromatic heterocycles. The summed E-state index contributed by atoms with van der Waals surface area (Å²) in [5.41, 5.74) is 4.70. The highest BCUT2D eigenvalue weighted by Crippen LogP contribution is 2.27. The van der Waals surface area contributed by atoms with E-state index in [-0.39, 0.29) is 5.91 Å². The van der Waals surface area contributed by atoms with Gasteiger partial charge in [-0.2, -0.15) is 5.10 Å². The summed E-state index contributed by atoms with van der Waals surface area (Å²) >= 11 is 0. The molecule has 4 heteroatoms. The van der Waals surface area contributed by atoms with Gasteiger partial charge in [0.15, 0.2) is 0 Å². The van der Waals surface area contributed by atoms with Crippen LogP contribution in [-0.2, 0) is 11.2 Å². The molecule has 1 N–H and O–H groups in total. The van der Waals surface area contributed by atoms with Crippen LogP contribution in [0.3, 0.4) is 0 Å². The number of aromatic nitrogens is 2. The molecule has 2 heterocycles. The Morgan fingerprint density at radius 2 is 2.14 bits per heavy atom. The maximum Gasteiger partial charge on any atom is 0.227 e. The number of aromatic amines is 1. The van der Waals surface area contributed by atoms with E-state index in [0.717, 1.165) is 31.5 Å². The number of nitrogens with one attached hydrogen (secondary N) is 1. The molecular weight excluding hydrogens is 274 g/mol. The van der Waals surface area contributed by atoms with Crippen LogP contribution >= 0.6 is 0 Å². The normalized spacial score (nSPS) is 18.5. The van der Waals surface area contributed by atoms with E-state index >= 15 is 0 Å². The monoisotopic (exact) mass is 297 g/mol. The van der Waals surface area contributed by atoms with Crippen molar-refractivity contribution in [3.05, 3.63) is 52.8 Å². The van der Waals surface area contributed by atoms with Crippen molar-refractivity contribution in [1.29, 1.82) is 0 Å². The van der Waals surface area contributed by atoms with E-state index < -0.39 is 0 Å². The predicted molar refractivity (Wildman–Crippen MR) is 86.8 cm³/mol. The van der Waals surface area contributed by atoms with Crippen LogP contribution in [0, 0.1) is 13.8 Å². The fourth-order valence-corrected chi connectivity index (χ4v) is 3.29. The minimum atomic E-state index is 0.233. The molecule has 1 aromatic carbocycles. The first-order chi connectivity index (χ1) is 10.6. The standard InChI is InChI=1S/C18H23N3O/c1-13-6-3-4-7-15(13)10-17(22)21-9-5-8-16(12-21)18-14(2)11-19-20-18/h3-4,6-7,11,16H,5,8-10,12H2,1-2H3,(H,19,20)/t16-/m1/s1. The zero-order valence-corrected chi connectivity index (χ0v) is 13.3. The second kappa shape index (κ2) is 6.34. The third kappa shape index (κ3) is 3.06. The average molecular weight is 297 g/mol. The van der Waals surface area contributed by atoms with Crippen LogP contribution in [0.5, 0.6) is 0 Å². The van der Waals surface area contributed by atoms with Crippen LogP contribution in [0.4, 0.5) is 0 Å². The number of hydrogen-bond acceptors (Lipinski definition) is 2. The molecule has 22 heavy (non-hydrogen) atoms. The van der Waals surface area contributed by atoms with Crippen molar-refractivity contribution < 1.29 is 4.79 Å². The van der Waals surface area contributed by atoms with Crippen LogP contribution in [0.25, 0.3) is 0 Å². The van der Waals surface area contributed by atoms with Crippen LogP contribution in [-0.4, -0.2) is 34.1 Å². The van der Waals surface area contributed by atoms with Crippen LogP contribution in [0.1, 0.15) is 41.1 Å². The second-order valence-electron chi connectivity index (χ2n) is 6.25. The molecule has 1 atom stereocenters. The van der Waals surface area contributed by atoms with Gasteiger partial charge >= 0.3 is 0 Å². The third-order valence-corrected chi connectivity index (χ3v) is 4.65. The highest BCUT2D eigenvalue weighted by Gasteiger charge is 2.26. The molecule has 4 nitrogen and oxygen atoms in total. The van der Waals surface area contributed by atoms with Crippen LogP contribution in [0.2, 0.25) is 0 Å². The van der Waals surface area contributed by atoms with Crippen molar-refractivity contribution in [3.8, 4) is 0 Å². The molecule has 0 aliphatic carbocycles. The van der Waals surface area contributed by atoms with Crippen LogP contribution < -0.4 is 0 Å². The number of hydrogen-bond donors (Lipinski definition) is 1. The minimum absolute atomic E-state index is 0.233. The molecular formula is C18H23N3O. The molecule has 1 amide bonds. The lowest BCUT2D eigenvalue weighted by molar-refractivity contribution is -0.131. The summed E-state index contributed by atoms with van der Waals surface area (Å²) in [6.07, 6.45) is 4.55. The fourth-order valence-electron chi connectivity index (χ4n) is 3.29. The molecule has 0 bridgehead atoms. The summed E-state index contributed by atoms with van der Waals surface area (Å²) in [5.74, 6) is 0.619. The van der Waals surface area contributed by atoms with E-state index in [1.807, 2.05) is 29.3 Å². The fraction of sp³-hybridized carbons (Fsp3) is 0.444. The first-order valence-electron chi connectivity index (χ1n) is 7.97. The lowest BCUT2D eigenvalue weighted by Crippen LogP contribution is -2.40. The number of piperidine rings is 1. The number of benzene rings is 1. The van der Waals surface area contributed by atoms with Crippen molar-refractivity contribution in [2.45, 2.75) is 39.0 Å². The number of likely N-dealkylation sites (tertiary alicyclic amines) is 1. The van der Waals surface area contributed by atoms with Gasteiger partial charge in [0.05, 0.1) is 12.6 Å². The Morgan fingerprint density at radius 1 is 1.32 bits per heavy atom. The summed E-state index contributed by atoms with van der Waals surface area (Å²) in [7, 11) is 0. The lowest BCUT2D eigenvalue weighted by atomic mass is 9.92. The Morgan fingerprint density at radius 3 is 2.86 bits per heavy atom. The molecule has 0 spiro atoms. The van der Waals surface area contributed by atoms with Gasteiger partial charge in [0.25, 0.3) is 0 Å². The van der Waals surface area contributed by atoms with Crippen molar-refractivity contribution >= 4 is 5.91 Å². The molecule has 1 aliphatic heterocycles. The van der Waals surface area contributed by atoms with Crippen molar-refractivity contribution in [3.63, 3.8) is 0 Å². The Balaban J connectivity index is 1.68. The third-order valence-electron chi connectivity index (χ3n) is 4.65. The zero-order chi connectivity index (χ0) is 15.5. The highest BCUT2D eigenvalue weighted by atomic mass is 16.2. The maximum atomic E-state index is 12.6. The predicted octanol–water partition coefficient (Wildman–Crippen LogP) is 2.98. The number of aryl methyl sites for hydroxylation is 2. The van der Waals surface area contributed by atoms with Gasteiger partial charge < -0.3 is 4.90 Å². The Labute approximate surface area is 131 Å². The quantitative estimate of drug-likeness (QED) is 0.947. The largest absolute Gasteiger partial charge is 0.342 e. The minimum Gasteiger partial charge on any atom is -0.342 e. The molecule has 0 radical (unpaired) electrons. The van der Waals surface area contributed by atoms with E-state index in [4.69, 9.17) is 0 Å². The highest BCUT2D eigenvalue weighted by molar-refractivity contribution is 5.79. The molecule has 3 rings (SSSR count). The average Bonchev–Trinajstić information content (AvgIpc) is 2.96. The van der Waals surface area contributed by atoms with Crippen molar-refractivity contribution in [2.75, 3.05) is 13.1 Å². The van der Waals surface area contributed by atoms with Gasteiger partial charge in [-0.1, -0.05) is 24.3 Å². The first kappa shape index (κ1) is 14.8. The summed E-state index contributed by atoms with van der Waals surface area (Å²) in [5, 5.41) is 7.22. The van der Waals surface area contributed by atoms with E-state index in [2.05, 4.69) is 30.1 Å². The van der Waals surface area contributed by atoms with Gasteiger partial charge in [0.2, 0.25) is 5.91 Å². The Hall–Kier alpha value is -2.10. The molecule has 116 valence electrons. The van der Waals surface area contributed by atoms with Gasteiger partial charge in [0, 0.05) is 24.7 Å². The smallest absolute Gasteiger partial charge is 0.227 e. The van der Waals surface area contributed by atoms with Gasteiger partial charge in [-0.3, -0.25) is 9.89 Å². The number of nitrogens with zero attached hydrogens (tertiary/aromatic N) is 2. The SMILES string of the molecule is Cc1ccccc1CC(=O)N1CCC[C@@H](c2[nH]ncc2C)C1. The zero-order valence-electron chi connectivity index (χ0n) is 13.3. The molecule has 2 aromatic rings. The number of rotatable bonds is 3. The van der Waals surface area contributed by atoms with Crippen LogP contribution in [0.15, 0.2) is 30.5 Å². The maximum absolute atomic E-state index is 12.6. The van der Waals surface area contributed by atoms with E-state index in [0.29, 0.717) is 12.3 Å². The van der Waals surface area contributed by atoms with E-state index in [9.17, 15) is 4.79 Å². The topological polar surface area (TPSA) is 49.0 Å². The summed E-state index contributed by atoms with van der Waals surface area (Å²) in [6, 6.07) is 8.13. The Kier molecular flexibility index (Phi) is 4.27. The molecule has 0 saturated carbocycles. The first-order valence-corrected chi connectivity index (χ1v) is 7.97. The lowest BCUT2D eigenvalue weighted by Gasteiger charge is -2.32. The van der Waals surface area contributed by atoms with Gasteiger partial charge in [-0.05, 0) is 43.4 Å². The van der Waals surface area contributed by atoms with E-state index in [1.54, 1.807) is 0 Å². The molecule has 1 fully saturated rings. The molecule has 1 aliphatic rings. The Bertz CT molecular complexity index is 662. The van der Waals surface area contributed by atoms with E-state index in [1.165, 1.54) is 16.8 Å². The van der Waals surface area contributed by atoms with Gasteiger partial charge in [-0.25, -0.2) is 0 Å². The summed E-state index contributed by atoms with van der Waals surface area (Å²) in [4.78, 5) is 14.6. The summed E-state index contributed by atoms with van der Waals surface area (Å²) in [6.45, 7) is 5.81. The van der Waals surface area contributed by atoms with Gasteiger partial charge in [-0.15, -0.1) is 0 Å². The number of carbonyl (C=O) groups excluding carboxylic acids is 1. The number of carbonyl (C=O) groups is 1. The molecule has 0 unspecified atom stereocenters.